The number of carbonyl (C=O) groups excluding carboxylic acids is 1. The van der Waals surface area contributed by atoms with Crippen LogP contribution < -0.4 is 14.4 Å². The molecule has 2 aromatic rings. The van der Waals surface area contributed by atoms with Gasteiger partial charge in [0.25, 0.3) is 10.0 Å². The summed E-state index contributed by atoms with van der Waals surface area (Å²) >= 11 is 18.0. The number of sulfonamides is 1. The molecule has 1 aliphatic heterocycles. The van der Waals surface area contributed by atoms with Crippen LogP contribution in [0.3, 0.4) is 0 Å². The standard InChI is InChI=1S/C17H15Cl3N2O4S/c1-9-8-22(10(2)23)15-7-12(3-4-16(15)26-9)27(24,25)21-17-13(19)5-11(18)6-14(17)20/h3-7,9,21H,8H2,1-2H3. The lowest BCUT2D eigenvalue weighted by molar-refractivity contribution is -0.117. The van der Waals surface area contributed by atoms with Gasteiger partial charge in [-0.2, -0.15) is 0 Å². The summed E-state index contributed by atoms with van der Waals surface area (Å²) in [6, 6.07) is 7.04. The molecule has 1 amide bonds. The van der Waals surface area contributed by atoms with E-state index in [1.165, 1.54) is 42.2 Å². The maximum atomic E-state index is 12.8. The minimum atomic E-state index is -4.02. The van der Waals surface area contributed by atoms with Crippen molar-refractivity contribution in [3.05, 3.63) is 45.4 Å². The molecule has 0 saturated heterocycles. The number of ether oxygens (including phenoxy) is 1. The molecular formula is C17H15Cl3N2O4S. The van der Waals surface area contributed by atoms with Crippen LogP contribution in [0, 0.1) is 0 Å². The highest BCUT2D eigenvalue weighted by Crippen LogP contribution is 2.38. The van der Waals surface area contributed by atoms with Gasteiger partial charge in [-0.05, 0) is 37.3 Å². The Morgan fingerprint density at radius 2 is 1.81 bits per heavy atom. The number of amides is 1. The molecular weight excluding hydrogens is 435 g/mol. The largest absolute Gasteiger partial charge is 0.487 e. The molecule has 10 heteroatoms. The van der Waals surface area contributed by atoms with E-state index in [1.54, 1.807) is 0 Å². The topological polar surface area (TPSA) is 75.7 Å². The number of nitrogens with zero attached hydrogens (tertiary/aromatic N) is 1. The van der Waals surface area contributed by atoms with Gasteiger partial charge in [0.05, 0.1) is 32.9 Å². The number of nitrogens with one attached hydrogen (secondary N) is 1. The van der Waals surface area contributed by atoms with Crippen LogP contribution in [0.5, 0.6) is 5.75 Å². The zero-order chi connectivity index (χ0) is 19.9. The fourth-order valence-electron chi connectivity index (χ4n) is 2.72. The second-order valence-electron chi connectivity index (χ2n) is 6.04. The lowest BCUT2D eigenvalue weighted by Gasteiger charge is -2.33. The fourth-order valence-corrected chi connectivity index (χ4v) is 4.86. The summed E-state index contributed by atoms with van der Waals surface area (Å²) in [7, 11) is -4.02. The Balaban J connectivity index is 2.02. The number of rotatable bonds is 3. The Hall–Kier alpha value is -1.67. The van der Waals surface area contributed by atoms with Crippen LogP contribution in [0.15, 0.2) is 35.2 Å². The monoisotopic (exact) mass is 448 g/mol. The third kappa shape index (κ3) is 4.11. The predicted molar refractivity (Wildman–Crippen MR) is 107 cm³/mol. The minimum absolute atomic E-state index is 0.0220. The van der Waals surface area contributed by atoms with Gasteiger partial charge in [-0.1, -0.05) is 34.8 Å². The van der Waals surface area contributed by atoms with E-state index in [1.807, 2.05) is 6.92 Å². The lowest BCUT2D eigenvalue weighted by atomic mass is 10.2. The van der Waals surface area contributed by atoms with E-state index in [9.17, 15) is 13.2 Å². The summed E-state index contributed by atoms with van der Waals surface area (Å²) in [4.78, 5) is 13.4. The first-order chi connectivity index (χ1) is 12.6. The quantitative estimate of drug-likeness (QED) is 0.744. The van der Waals surface area contributed by atoms with Crippen LogP contribution in [-0.2, 0) is 14.8 Å². The smallest absolute Gasteiger partial charge is 0.262 e. The molecule has 0 aromatic heterocycles. The molecule has 0 saturated carbocycles. The van der Waals surface area contributed by atoms with Crippen LogP contribution in [0.4, 0.5) is 11.4 Å². The van der Waals surface area contributed by atoms with Gasteiger partial charge in [0, 0.05) is 11.9 Å². The van der Waals surface area contributed by atoms with Crippen molar-refractivity contribution in [2.24, 2.45) is 0 Å². The third-order valence-electron chi connectivity index (χ3n) is 3.92. The summed E-state index contributed by atoms with van der Waals surface area (Å²) in [5.74, 6) is 0.225. The van der Waals surface area contributed by atoms with Gasteiger partial charge in [0.2, 0.25) is 5.91 Å². The van der Waals surface area contributed by atoms with Crippen molar-refractivity contribution in [3.8, 4) is 5.75 Å². The summed E-state index contributed by atoms with van der Waals surface area (Å²) in [5, 5.41) is 0.415. The van der Waals surface area contributed by atoms with Crippen LogP contribution >= 0.6 is 34.8 Å². The molecule has 0 spiro atoms. The first kappa shape index (κ1) is 20.1. The zero-order valence-corrected chi connectivity index (χ0v) is 17.4. The van der Waals surface area contributed by atoms with Gasteiger partial charge < -0.3 is 9.64 Å². The molecule has 144 valence electrons. The van der Waals surface area contributed by atoms with E-state index in [2.05, 4.69) is 4.72 Å². The molecule has 1 atom stereocenters. The zero-order valence-electron chi connectivity index (χ0n) is 14.3. The number of benzene rings is 2. The highest BCUT2D eigenvalue weighted by molar-refractivity contribution is 7.92. The summed E-state index contributed by atoms with van der Waals surface area (Å²) in [5.41, 5.74) is 0.408. The fraction of sp³-hybridized carbons (Fsp3) is 0.235. The first-order valence-electron chi connectivity index (χ1n) is 7.84. The van der Waals surface area contributed by atoms with Crippen LogP contribution in [0.1, 0.15) is 13.8 Å². The van der Waals surface area contributed by atoms with Gasteiger partial charge in [-0.15, -0.1) is 0 Å². The van der Waals surface area contributed by atoms with Crippen molar-refractivity contribution in [3.63, 3.8) is 0 Å². The van der Waals surface area contributed by atoms with E-state index in [-0.39, 0.29) is 37.7 Å². The molecule has 1 unspecified atom stereocenters. The molecule has 0 radical (unpaired) electrons. The second-order valence-corrected chi connectivity index (χ2v) is 8.97. The normalized spacial score (nSPS) is 16.5. The number of anilines is 2. The average molecular weight is 450 g/mol. The minimum Gasteiger partial charge on any atom is -0.487 e. The van der Waals surface area contributed by atoms with E-state index in [0.29, 0.717) is 18.0 Å². The molecule has 1 aliphatic rings. The van der Waals surface area contributed by atoms with E-state index < -0.39 is 10.0 Å². The third-order valence-corrected chi connectivity index (χ3v) is 6.08. The molecule has 1 N–H and O–H groups in total. The number of hydrogen-bond acceptors (Lipinski definition) is 4. The van der Waals surface area contributed by atoms with Gasteiger partial charge in [0.15, 0.2) is 0 Å². The first-order valence-corrected chi connectivity index (χ1v) is 10.5. The van der Waals surface area contributed by atoms with Gasteiger partial charge in [-0.3, -0.25) is 9.52 Å². The average Bonchev–Trinajstić information content (AvgIpc) is 2.56. The van der Waals surface area contributed by atoms with E-state index in [0.717, 1.165) is 0 Å². The molecule has 1 heterocycles. The number of hydrogen-bond donors (Lipinski definition) is 1. The molecule has 6 nitrogen and oxygen atoms in total. The predicted octanol–water partition coefficient (Wildman–Crippen LogP) is 4.58. The Bertz CT molecular complexity index is 1000. The SMILES string of the molecule is CC(=O)N1CC(C)Oc2ccc(S(=O)(=O)Nc3c(Cl)cc(Cl)cc3Cl)cc21. The maximum absolute atomic E-state index is 12.8. The Labute approximate surface area is 172 Å². The van der Waals surface area contributed by atoms with Crippen LogP contribution in [0.2, 0.25) is 15.1 Å². The summed E-state index contributed by atoms with van der Waals surface area (Å²) in [6.07, 6.45) is -0.200. The van der Waals surface area contributed by atoms with Crippen molar-refractivity contribution >= 4 is 62.1 Å². The van der Waals surface area contributed by atoms with Gasteiger partial charge in [-0.25, -0.2) is 8.42 Å². The molecule has 3 rings (SSSR count). The van der Waals surface area contributed by atoms with Crippen LogP contribution in [0.25, 0.3) is 0 Å². The van der Waals surface area contributed by atoms with Crippen molar-refractivity contribution in [1.82, 2.24) is 0 Å². The van der Waals surface area contributed by atoms with E-state index >= 15 is 0 Å². The summed E-state index contributed by atoms with van der Waals surface area (Å²) in [6.45, 7) is 3.57. The van der Waals surface area contributed by atoms with Crippen LogP contribution in [-0.4, -0.2) is 27.0 Å². The number of halogens is 3. The molecule has 2 aromatic carbocycles. The Morgan fingerprint density at radius 1 is 1.19 bits per heavy atom. The highest BCUT2D eigenvalue weighted by atomic mass is 35.5. The van der Waals surface area contributed by atoms with Gasteiger partial charge in [0.1, 0.15) is 11.9 Å². The molecule has 0 aliphatic carbocycles. The maximum Gasteiger partial charge on any atom is 0.262 e. The van der Waals surface area contributed by atoms with Gasteiger partial charge >= 0.3 is 0 Å². The van der Waals surface area contributed by atoms with E-state index in [4.69, 9.17) is 39.5 Å². The van der Waals surface area contributed by atoms with Crippen molar-refractivity contribution < 1.29 is 17.9 Å². The molecule has 27 heavy (non-hydrogen) atoms. The Morgan fingerprint density at radius 3 is 2.41 bits per heavy atom. The summed E-state index contributed by atoms with van der Waals surface area (Å²) < 4.78 is 33.7. The number of carbonyl (C=O) groups is 1. The van der Waals surface area contributed by atoms with Crippen molar-refractivity contribution in [2.45, 2.75) is 24.8 Å². The molecule has 0 bridgehead atoms. The lowest BCUT2D eigenvalue weighted by Crippen LogP contribution is -2.41. The molecule has 0 fully saturated rings. The van der Waals surface area contributed by atoms with Crippen molar-refractivity contribution in [1.29, 1.82) is 0 Å². The highest BCUT2D eigenvalue weighted by Gasteiger charge is 2.28. The second kappa shape index (κ2) is 7.39. The van der Waals surface area contributed by atoms with Crippen molar-refractivity contribution in [2.75, 3.05) is 16.2 Å². The Kier molecular flexibility index (Phi) is 5.49. The number of fused-ring (bicyclic) bond motifs is 1.